The second-order valence-electron chi connectivity index (χ2n) is 2.29. The fourth-order valence-corrected chi connectivity index (χ4v) is 1.77. The molecule has 1 rings (SSSR count). The zero-order valence-electron chi connectivity index (χ0n) is 6.46. The van der Waals surface area contributed by atoms with E-state index in [4.69, 9.17) is 28.4 Å². The fraction of sp³-hybridized carbons (Fsp3) is 0. The number of nitrogens with zero attached hydrogens (tertiary/aromatic N) is 2. The Kier molecular flexibility index (Phi) is 2.98. The molecular formula is C7H6BrClN4. The lowest BCUT2D eigenvalue weighted by Gasteiger charge is -2.21. The van der Waals surface area contributed by atoms with Crippen molar-refractivity contribution in [2.45, 2.75) is 0 Å². The van der Waals surface area contributed by atoms with Gasteiger partial charge in [-0.05, 0) is 22.0 Å². The zero-order valence-corrected chi connectivity index (χ0v) is 8.80. The number of hydrogen-bond donors (Lipinski definition) is 2. The van der Waals surface area contributed by atoms with Crippen LogP contribution in [0.2, 0.25) is 0 Å². The molecule has 0 fully saturated rings. The first kappa shape index (κ1) is 10.1. The largest absolute Gasteiger partial charge is 0.388 e. The molecule has 4 N–H and O–H groups in total. The van der Waals surface area contributed by atoms with Crippen molar-refractivity contribution in [3.8, 4) is 6.07 Å². The highest BCUT2D eigenvalue weighted by molar-refractivity contribution is 9.11. The van der Waals surface area contributed by atoms with E-state index < -0.39 is 0 Å². The summed E-state index contributed by atoms with van der Waals surface area (Å²) in [6.45, 7) is 0. The fourth-order valence-electron chi connectivity index (χ4n) is 0.868. The van der Waals surface area contributed by atoms with Crippen LogP contribution in [-0.4, -0.2) is 5.01 Å². The summed E-state index contributed by atoms with van der Waals surface area (Å²) in [5.41, 5.74) is 5.70. The summed E-state index contributed by atoms with van der Waals surface area (Å²) in [6.07, 6.45) is 3.18. The van der Waals surface area contributed by atoms with Crippen LogP contribution in [0, 0.1) is 11.3 Å². The van der Waals surface area contributed by atoms with Crippen molar-refractivity contribution in [1.82, 2.24) is 5.01 Å². The molecule has 0 saturated heterocycles. The Hall–Kier alpha value is -0.960. The lowest BCUT2D eigenvalue weighted by atomic mass is 10.2. The standard InChI is InChI=1S/C7H6BrClN4/c8-4-1-5(9)7(6(11)2-10)13(12)3-4/h1,3H,11-12H2/b7-6-. The molecule has 68 valence electrons. The molecule has 0 aromatic carbocycles. The summed E-state index contributed by atoms with van der Waals surface area (Å²) in [5, 5.41) is 10.1. The van der Waals surface area contributed by atoms with Gasteiger partial charge in [0.25, 0.3) is 0 Å². The van der Waals surface area contributed by atoms with Gasteiger partial charge in [0.2, 0.25) is 0 Å². The highest BCUT2D eigenvalue weighted by Gasteiger charge is 2.16. The molecule has 0 amide bonds. The minimum absolute atomic E-state index is 0.0139. The molecule has 0 aromatic rings. The molecule has 1 aliphatic heterocycles. The van der Waals surface area contributed by atoms with Gasteiger partial charge >= 0.3 is 0 Å². The quantitative estimate of drug-likeness (QED) is 0.508. The molecule has 0 aliphatic carbocycles. The normalized spacial score (nSPS) is 20.3. The third-order valence-electron chi connectivity index (χ3n) is 1.39. The van der Waals surface area contributed by atoms with Crippen LogP contribution in [-0.2, 0) is 0 Å². The van der Waals surface area contributed by atoms with Gasteiger partial charge in [-0.25, -0.2) is 5.84 Å². The minimum atomic E-state index is -0.0139. The van der Waals surface area contributed by atoms with Gasteiger partial charge in [0.05, 0.1) is 5.03 Å². The van der Waals surface area contributed by atoms with Crippen molar-refractivity contribution in [3.05, 3.63) is 33.2 Å². The monoisotopic (exact) mass is 260 g/mol. The number of allylic oxidation sites excluding steroid dienone is 4. The molecule has 0 radical (unpaired) electrons. The van der Waals surface area contributed by atoms with Crippen molar-refractivity contribution in [1.29, 1.82) is 5.26 Å². The summed E-state index contributed by atoms with van der Waals surface area (Å²) >= 11 is 9.03. The summed E-state index contributed by atoms with van der Waals surface area (Å²) in [6, 6.07) is 1.78. The van der Waals surface area contributed by atoms with Crippen molar-refractivity contribution >= 4 is 27.5 Å². The van der Waals surface area contributed by atoms with E-state index in [9.17, 15) is 0 Å². The average molecular weight is 262 g/mol. The maximum Gasteiger partial charge on any atom is 0.138 e. The molecule has 1 aliphatic rings. The van der Waals surface area contributed by atoms with Crippen LogP contribution in [0.4, 0.5) is 0 Å². The van der Waals surface area contributed by atoms with E-state index in [1.165, 1.54) is 5.01 Å². The lowest BCUT2D eigenvalue weighted by Crippen LogP contribution is -2.29. The van der Waals surface area contributed by atoms with E-state index in [1.54, 1.807) is 18.3 Å². The Morgan fingerprint density at radius 2 is 2.31 bits per heavy atom. The van der Waals surface area contributed by atoms with Crippen LogP contribution >= 0.6 is 27.5 Å². The summed E-state index contributed by atoms with van der Waals surface area (Å²) < 4.78 is 0.717. The number of hydrogen-bond acceptors (Lipinski definition) is 4. The van der Waals surface area contributed by atoms with Crippen LogP contribution in [0.1, 0.15) is 0 Å². The van der Waals surface area contributed by atoms with Gasteiger partial charge in [-0.3, -0.25) is 5.01 Å². The van der Waals surface area contributed by atoms with Gasteiger partial charge < -0.3 is 5.73 Å². The topological polar surface area (TPSA) is 79.1 Å². The van der Waals surface area contributed by atoms with Crippen LogP contribution in [0.25, 0.3) is 0 Å². The smallest absolute Gasteiger partial charge is 0.138 e. The lowest BCUT2D eigenvalue weighted by molar-refractivity contribution is 0.496. The maximum absolute atomic E-state index is 8.56. The molecule has 0 bridgehead atoms. The Morgan fingerprint density at radius 3 is 2.77 bits per heavy atom. The molecule has 0 atom stereocenters. The third-order valence-corrected chi connectivity index (χ3v) is 2.11. The van der Waals surface area contributed by atoms with Crippen LogP contribution < -0.4 is 11.6 Å². The first-order chi connectivity index (χ1) is 6.06. The van der Waals surface area contributed by atoms with Gasteiger partial charge in [0.1, 0.15) is 17.5 Å². The van der Waals surface area contributed by atoms with Gasteiger partial charge in [0.15, 0.2) is 0 Å². The van der Waals surface area contributed by atoms with E-state index in [2.05, 4.69) is 15.9 Å². The van der Waals surface area contributed by atoms with Crippen LogP contribution in [0.3, 0.4) is 0 Å². The Morgan fingerprint density at radius 1 is 1.69 bits per heavy atom. The highest BCUT2D eigenvalue weighted by Crippen LogP contribution is 2.27. The predicted octanol–water partition coefficient (Wildman–Crippen LogP) is 1.23. The first-order valence-corrected chi connectivity index (χ1v) is 4.42. The van der Waals surface area contributed by atoms with Gasteiger partial charge in [-0.15, -0.1) is 0 Å². The molecule has 13 heavy (non-hydrogen) atoms. The van der Waals surface area contributed by atoms with E-state index in [-0.39, 0.29) is 5.70 Å². The maximum atomic E-state index is 8.56. The Balaban J connectivity index is 3.20. The van der Waals surface area contributed by atoms with Gasteiger partial charge in [-0.1, -0.05) is 11.6 Å². The van der Waals surface area contributed by atoms with Crippen LogP contribution in [0.15, 0.2) is 33.2 Å². The Bertz CT molecular complexity index is 363. The SMILES string of the molecule is N#C/C(N)=C1\C(Cl)=CC(Br)=CN1N. The molecule has 0 unspecified atom stereocenters. The van der Waals surface area contributed by atoms with Crippen molar-refractivity contribution in [2.24, 2.45) is 11.6 Å². The number of nitriles is 1. The van der Waals surface area contributed by atoms with Crippen molar-refractivity contribution in [3.63, 3.8) is 0 Å². The second kappa shape index (κ2) is 3.83. The molecule has 1 heterocycles. The first-order valence-electron chi connectivity index (χ1n) is 3.25. The van der Waals surface area contributed by atoms with E-state index in [0.29, 0.717) is 10.7 Å². The highest BCUT2D eigenvalue weighted by atomic mass is 79.9. The van der Waals surface area contributed by atoms with E-state index in [1.807, 2.05) is 0 Å². The van der Waals surface area contributed by atoms with Crippen LogP contribution in [0.5, 0.6) is 0 Å². The molecule has 0 spiro atoms. The molecular weight excluding hydrogens is 255 g/mol. The van der Waals surface area contributed by atoms with Crippen molar-refractivity contribution in [2.75, 3.05) is 0 Å². The Labute approximate surface area is 88.8 Å². The van der Waals surface area contributed by atoms with E-state index in [0.717, 1.165) is 4.48 Å². The van der Waals surface area contributed by atoms with E-state index >= 15 is 0 Å². The molecule has 4 nitrogen and oxygen atoms in total. The van der Waals surface area contributed by atoms with Crippen molar-refractivity contribution < 1.29 is 0 Å². The third kappa shape index (κ3) is 2.04. The number of rotatable bonds is 0. The van der Waals surface area contributed by atoms with Gasteiger partial charge in [0, 0.05) is 10.7 Å². The molecule has 0 saturated carbocycles. The summed E-state index contributed by atoms with van der Waals surface area (Å²) in [7, 11) is 0. The summed E-state index contributed by atoms with van der Waals surface area (Å²) in [5.74, 6) is 5.55. The molecule has 0 aromatic heterocycles. The average Bonchev–Trinajstić information content (AvgIpc) is 2.02. The molecule has 6 heteroatoms. The number of hydrazine groups is 1. The summed E-state index contributed by atoms with van der Waals surface area (Å²) in [4.78, 5) is 0. The predicted molar refractivity (Wildman–Crippen MR) is 53.8 cm³/mol. The zero-order chi connectivity index (χ0) is 10.0. The second-order valence-corrected chi connectivity index (χ2v) is 3.61. The van der Waals surface area contributed by atoms with Gasteiger partial charge in [-0.2, -0.15) is 5.26 Å². The minimum Gasteiger partial charge on any atom is -0.388 e. The number of halogens is 2. The number of nitrogens with two attached hydrogens (primary N) is 2.